The SMILES string of the molecule is O=C(Nc1cnc(Cl)cn1)c1ccc2c(c1)OCCO2. The number of fused-ring (bicyclic) bond motifs is 1. The molecule has 3 rings (SSSR count). The molecular formula is C13H10ClN3O3. The second-order valence-electron chi connectivity index (χ2n) is 4.04. The molecule has 0 aliphatic carbocycles. The van der Waals surface area contributed by atoms with Crippen LogP contribution >= 0.6 is 11.6 Å². The van der Waals surface area contributed by atoms with Crippen molar-refractivity contribution >= 4 is 23.3 Å². The number of rotatable bonds is 2. The molecule has 7 heteroatoms. The van der Waals surface area contributed by atoms with Gasteiger partial charge in [-0.25, -0.2) is 9.97 Å². The number of benzene rings is 1. The minimum absolute atomic E-state index is 0.266. The first-order valence-electron chi connectivity index (χ1n) is 5.91. The van der Waals surface area contributed by atoms with Gasteiger partial charge in [0.2, 0.25) is 0 Å². The normalized spacial score (nSPS) is 12.8. The summed E-state index contributed by atoms with van der Waals surface area (Å²) in [5, 5.41) is 2.89. The zero-order valence-corrected chi connectivity index (χ0v) is 11.1. The van der Waals surface area contributed by atoms with Crippen molar-refractivity contribution in [3.8, 4) is 11.5 Å². The fourth-order valence-corrected chi connectivity index (χ4v) is 1.85. The van der Waals surface area contributed by atoms with Gasteiger partial charge >= 0.3 is 0 Å². The number of carbonyl (C=O) groups is 1. The molecule has 0 bridgehead atoms. The predicted molar refractivity (Wildman–Crippen MR) is 72.4 cm³/mol. The molecule has 0 radical (unpaired) electrons. The van der Waals surface area contributed by atoms with E-state index in [1.807, 2.05) is 0 Å². The number of hydrogen-bond acceptors (Lipinski definition) is 5. The van der Waals surface area contributed by atoms with Crippen molar-refractivity contribution in [2.24, 2.45) is 0 Å². The Kier molecular flexibility index (Phi) is 3.39. The smallest absolute Gasteiger partial charge is 0.256 e. The average Bonchev–Trinajstić information content (AvgIpc) is 2.49. The van der Waals surface area contributed by atoms with E-state index in [2.05, 4.69) is 15.3 Å². The second-order valence-corrected chi connectivity index (χ2v) is 4.42. The lowest BCUT2D eigenvalue weighted by Crippen LogP contribution is -2.17. The van der Waals surface area contributed by atoms with E-state index in [-0.39, 0.29) is 11.1 Å². The number of nitrogens with zero attached hydrogens (tertiary/aromatic N) is 2. The third-order valence-corrected chi connectivity index (χ3v) is 2.86. The Balaban J connectivity index is 1.78. The third kappa shape index (κ3) is 2.65. The highest BCUT2D eigenvalue weighted by molar-refractivity contribution is 6.29. The molecule has 0 fully saturated rings. The zero-order chi connectivity index (χ0) is 13.9. The third-order valence-electron chi connectivity index (χ3n) is 2.67. The summed E-state index contributed by atoms with van der Waals surface area (Å²) in [7, 11) is 0. The van der Waals surface area contributed by atoms with Gasteiger partial charge in [0.25, 0.3) is 5.91 Å². The lowest BCUT2D eigenvalue weighted by molar-refractivity contribution is 0.102. The van der Waals surface area contributed by atoms with Crippen LogP contribution in [0.3, 0.4) is 0 Å². The van der Waals surface area contributed by atoms with Crippen LogP contribution in [0.15, 0.2) is 30.6 Å². The first-order valence-corrected chi connectivity index (χ1v) is 6.29. The molecule has 2 heterocycles. The number of ether oxygens (including phenoxy) is 2. The summed E-state index contributed by atoms with van der Waals surface area (Å²) in [6.07, 6.45) is 2.75. The number of aromatic nitrogens is 2. The predicted octanol–water partition coefficient (Wildman–Crippen LogP) is 2.15. The van der Waals surface area contributed by atoms with E-state index in [0.717, 1.165) is 0 Å². The molecule has 0 saturated heterocycles. The number of nitrogens with one attached hydrogen (secondary N) is 1. The Morgan fingerprint density at radius 2 is 1.95 bits per heavy atom. The summed E-state index contributed by atoms with van der Waals surface area (Å²) >= 11 is 5.63. The molecule has 0 saturated carbocycles. The largest absolute Gasteiger partial charge is 0.486 e. The van der Waals surface area contributed by atoms with Gasteiger partial charge in [0, 0.05) is 5.56 Å². The van der Waals surface area contributed by atoms with Gasteiger partial charge in [-0.15, -0.1) is 0 Å². The van der Waals surface area contributed by atoms with Crippen molar-refractivity contribution in [1.29, 1.82) is 0 Å². The quantitative estimate of drug-likeness (QED) is 0.918. The molecule has 1 amide bonds. The van der Waals surface area contributed by atoms with E-state index in [1.165, 1.54) is 12.4 Å². The maximum Gasteiger partial charge on any atom is 0.256 e. The monoisotopic (exact) mass is 291 g/mol. The first kappa shape index (κ1) is 12.7. The van der Waals surface area contributed by atoms with E-state index in [4.69, 9.17) is 21.1 Å². The van der Waals surface area contributed by atoms with Crippen LogP contribution in [0.2, 0.25) is 5.15 Å². The standard InChI is InChI=1S/C13H10ClN3O3/c14-11-6-16-12(7-15-11)17-13(18)8-1-2-9-10(5-8)20-4-3-19-9/h1-2,5-7H,3-4H2,(H,16,17,18). The number of hydrogen-bond donors (Lipinski definition) is 1. The van der Waals surface area contributed by atoms with Crippen LogP contribution in [0, 0.1) is 0 Å². The molecule has 1 aliphatic heterocycles. The van der Waals surface area contributed by atoms with Crippen LogP contribution in [0.4, 0.5) is 5.82 Å². The molecule has 20 heavy (non-hydrogen) atoms. The number of halogens is 1. The molecule has 0 unspecified atom stereocenters. The van der Waals surface area contributed by atoms with Crippen LogP contribution in [0.1, 0.15) is 10.4 Å². The van der Waals surface area contributed by atoms with Crippen LogP contribution in [-0.4, -0.2) is 29.1 Å². The van der Waals surface area contributed by atoms with E-state index in [9.17, 15) is 4.79 Å². The summed E-state index contributed by atoms with van der Waals surface area (Å²) in [5.41, 5.74) is 0.450. The molecule has 6 nitrogen and oxygen atoms in total. The van der Waals surface area contributed by atoms with Gasteiger partial charge in [0.05, 0.1) is 12.4 Å². The Hall–Kier alpha value is -2.34. The van der Waals surface area contributed by atoms with Gasteiger partial charge in [-0.3, -0.25) is 4.79 Å². The van der Waals surface area contributed by atoms with Crippen LogP contribution in [-0.2, 0) is 0 Å². The van der Waals surface area contributed by atoms with Gasteiger partial charge in [0.1, 0.15) is 18.4 Å². The number of anilines is 1. The highest BCUT2D eigenvalue weighted by Crippen LogP contribution is 2.30. The Labute approximate surface area is 119 Å². The summed E-state index contributed by atoms with van der Waals surface area (Å²) in [5.74, 6) is 1.22. The van der Waals surface area contributed by atoms with Crippen molar-refractivity contribution in [2.45, 2.75) is 0 Å². The van der Waals surface area contributed by atoms with E-state index in [1.54, 1.807) is 18.2 Å². The lowest BCUT2D eigenvalue weighted by atomic mass is 10.2. The molecule has 102 valence electrons. The van der Waals surface area contributed by atoms with Crippen molar-refractivity contribution in [1.82, 2.24) is 9.97 Å². The van der Waals surface area contributed by atoms with E-state index >= 15 is 0 Å². The van der Waals surface area contributed by atoms with Gasteiger partial charge in [0.15, 0.2) is 17.3 Å². The van der Waals surface area contributed by atoms with Gasteiger partial charge < -0.3 is 14.8 Å². The summed E-state index contributed by atoms with van der Waals surface area (Å²) < 4.78 is 10.8. The van der Waals surface area contributed by atoms with Gasteiger partial charge in [-0.2, -0.15) is 0 Å². The fourth-order valence-electron chi connectivity index (χ4n) is 1.75. The van der Waals surface area contributed by atoms with Crippen molar-refractivity contribution in [3.05, 3.63) is 41.3 Å². The molecule has 1 N–H and O–H groups in total. The Morgan fingerprint density at radius 3 is 2.70 bits per heavy atom. The molecular weight excluding hydrogens is 282 g/mol. The van der Waals surface area contributed by atoms with Crippen LogP contribution in [0.5, 0.6) is 11.5 Å². The highest BCUT2D eigenvalue weighted by atomic mass is 35.5. The zero-order valence-electron chi connectivity index (χ0n) is 10.3. The minimum Gasteiger partial charge on any atom is -0.486 e. The molecule has 1 aromatic heterocycles. The molecule has 1 aliphatic rings. The Morgan fingerprint density at radius 1 is 1.15 bits per heavy atom. The van der Waals surface area contributed by atoms with Gasteiger partial charge in [-0.1, -0.05) is 11.6 Å². The topological polar surface area (TPSA) is 73.3 Å². The first-order chi connectivity index (χ1) is 9.72. The fraction of sp³-hybridized carbons (Fsp3) is 0.154. The molecule has 0 atom stereocenters. The molecule has 2 aromatic rings. The van der Waals surface area contributed by atoms with Crippen molar-refractivity contribution in [3.63, 3.8) is 0 Å². The second kappa shape index (κ2) is 5.34. The number of amides is 1. The minimum atomic E-state index is -0.307. The van der Waals surface area contributed by atoms with E-state index < -0.39 is 0 Å². The summed E-state index contributed by atoms with van der Waals surface area (Å²) in [6, 6.07) is 5.00. The van der Waals surface area contributed by atoms with E-state index in [0.29, 0.717) is 36.1 Å². The maximum atomic E-state index is 12.1. The van der Waals surface area contributed by atoms with Crippen LogP contribution < -0.4 is 14.8 Å². The van der Waals surface area contributed by atoms with Gasteiger partial charge in [-0.05, 0) is 18.2 Å². The molecule has 0 spiro atoms. The van der Waals surface area contributed by atoms with Crippen molar-refractivity contribution in [2.75, 3.05) is 18.5 Å². The summed E-state index contributed by atoms with van der Waals surface area (Å²) in [4.78, 5) is 19.9. The summed E-state index contributed by atoms with van der Waals surface area (Å²) in [6.45, 7) is 0.986. The number of carbonyl (C=O) groups excluding carboxylic acids is 1. The Bertz CT molecular complexity index is 646. The average molecular weight is 292 g/mol. The lowest BCUT2D eigenvalue weighted by Gasteiger charge is -2.18. The van der Waals surface area contributed by atoms with Crippen molar-refractivity contribution < 1.29 is 14.3 Å². The van der Waals surface area contributed by atoms with Crippen LogP contribution in [0.25, 0.3) is 0 Å². The molecule has 1 aromatic carbocycles. The highest BCUT2D eigenvalue weighted by Gasteiger charge is 2.15. The maximum absolute atomic E-state index is 12.1.